The molecule has 0 fully saturated rings. The van der Waals surface area contributed by atoms with Crippen molar-refractivity contribution in [3.05, 3.63) is 83.8 Å². The second kappa shape index (κ2) is 9.86. The van der Waals surface area contributed by atoms with Crippen molar-refractivity contribution in [2.24, 2.45) is 0 Å². The smallest absolute Gasteiger partial charge is 0.257 e. The normalized spacial score (nSPS) is 11.3. The Labute approximate surface area is 186 Å². The molecule has 0 unspecified atom stereocenters. The highest BCUT2D eigenvalue weighted by molar-refractivity contribution is 7.89. The summed E-state index contributed by atoms with van der Waals surface area (Å²) in [5, 5.41) is 5.60. The van der Waals surface area contributed by atoms with Crippen molar-refractivity contribution in [2.45, 2.75) is 31.2 Å². The van der Waals surface area contributed by atoms with Crippen LogP contribution in [-0.2, 0) is 16.6 Å². The molecule has 2 aromatic carbocycles. The van der Waals surface area contributed by atoms with Crippen LogP contribution in [0.4, 0.5) is 5.69 Å². The van der Waals surface area contributed by atoms with E-state index in [1.54, 1.807) is 36.4 Å². The molecular formula is C22H23N3O4S2. The van der Waals surface area contributed by atoms with E-state index < -0.39 is 10.0 Å². The first-order chi connectivity index (χ1) is 14.7. The van der Waals surface area contributed by atoms with Crippen LogP contribution in [-0.4, -0.2) is 19.4 Å². The summed E-state index contributed by atoms with van der Waals surface area (Å²) in [4.78, 5) is 12.4. The molecule has 0 atom stereocenters. The highest BCUT2D eigenvalue weighted by Crippen LogP contribution is 2.16. The Morgan fingerprint density at radius 3 is 2.29 bits per heavy atom. The second-order valence-electron chi connectivity index (χ2n) is 7.11. The van der Waals surface area contributed by atoms with E-state index in [1.807, 2.05) is 12.1 Å². The number of nitrogens with one attached hydrogen (secondary N) is 3. The van der Waals surface area contributed by atoms with Gasteiger partial charge in [0.05, 0.1) is 17.7 Å². The summed E-state index contributed by atoms with van der Waals surface area (Å²) in [7, 11) is -3.69. The van der Waals surface area contributed by atoms with Crippen LogP contribution in [0.2, 0.25) is 0 Å². The third kappa shape index (κ3) is 6.24. The summed E-state index contributed by atoms with van der Waals surface area (Å²) < 4.78 is 32.3. The maximum absolute atomic E-state index is 12.4. The number of sulfonamides is 1. The van der Waals surface area contributed by atoms with Crippen molar-refractivity contribution in [1.29, 1.82) is 0 Å². The van der Waals surface area contributed by atoms with Crippen molar-refractivity contribution in [3.63, 3.8) is 0 Å². The molecule has 0 aliphatic heterocycles. The Hall–Kier alpha value is -3.01. The standard InChI is InChI=1S/C22H23N3O4S2/c1-15(2)16-5-7-17(8-6-16)21(26)25-22(30)24-18-9-11-20(12-10-18)31(27,28)23-14-19-4-3-13-29-19/h3-13,15,23H,14H2,1-2H3,(H2,24,25,26,30). The number of hydrogen-bond donors (Lipinski definition) is 3. The number of carbonyl (C=O) groups excluding carboxylic acids is 1. The molecule has 7 nitrogen and oxygen atoms in total. The van der Waals surface area contributed by atoms with Crippen molar-refractivity contribution in [3.8, 4) is 0 Å². The molecule has 0 aliphatic rings. The van der Waals surface area contributed by atoms with E-state index >= 15 is 0 Å². The Morgan fingerprint density at radius 2 is 1.71 bits per heavy atom. The van der Waals surface area contributed by atoms with E-state index in [0.29, 0.717) is 22.9 Å². The predicted molar refractivity (Wildman–Crippen MR) is 123 cm³/mol. The highest BCUT2D eigenvalue weighted by atomic mass is 32.2. The first-order valence-electron chi connectivity index (χ1n) is 9.59. The number of furan rings is 1. The lowest BCUT2D eigenvalue weighted by atomic mass is 10.0. The number of rotatable bonds is 7. The van der Waals surface area contributed by atoms with E-state index in [9.17, 15) is 13.2 Å². The van der Waals surface area contributed by atoms with Crippen molar-refractivity contribution in [1.82, 2.24) is 10.0 Å². The fraction of sp³-hybridized carbons (Fsp3) is 0.182. The van der Waals surface area contributed by atoms with Gasteiger partial charge in [0.1, 0.15) is 5.76 Å². The first kappa shape index (κ1) is 22.7. The SMILES string of the molecule is CC(C)c1ccc(C(=O)NC(=S)Nc2ccc(S(=O)(=O)NCc3ccco3)cc2)cc1. The zero-order chi connectivity index (χ0) is 22.4. The summed E-state index contributed by atoms with van der Waals surface area (Å²) in [6, 6.07) is 16.7. The van der Waals surface area contributed by atoms with Crippen LogP contribution in [0, 0.1) is 0 Å². The molecule has 3 N–H and O–H groups in total. The van der Waals surface area contributed by atoms with E-state index in [2.05, 4.69) is 29.2 Å². The van der Waals surface area contributed by atoms with Gasteiger partial charge >= 0.3 is 0 Å². The van der Waals surface area contributed by atoms with Gasteiger partial charge in [0.25, 0.3) is 5.91 Å². The average molecular weight is 458 g/mol. The van der Waals surface area contributed by atoms with Crippen molar-refractivity contribution in [2.75, 3.05) is 5.32 Å². The Balaban J connectivity index is 1.56. The summed E-state index contributed by atoms with van der Waals surface area (Å²) >= 11 is 5.19. The second-order valence-corrected chi connectivity index (χ2v) is 9.29. The first-order valence-corrected chi connectivity index (χ1v) is 11.5. The van der Waals surface area contributed by atoms with Crippen LogP contribution >= 0.6 is 12.2 Å². The van der Waals surface area contributed by atoms with Crippen LogP contribution in [0.3, 0.4) is 0 Å². The minimum absolute atomic E-state index is 0.0591. The van der Waals surface area contributed by atoms with Gasteiger partial charge in [0, 0.05) is 11.3 Å². The van der Waals surface area contributed by atoms with Gasteiger partial charge in [-0.2, -0.15) is 0 Å². The molecule has 3 rings (SSSR count). The molecule has 9 heteroatoms. The molecule has 0 radical (unpaired) electrons. The minimum atomic E-state index is -3.69. The van der Waals surface area contributed by atoms with Crippen LogP contribution in [0.15, 0.2) is 76.2 Å². The average Bonchev–Trinajstić information content (AvgIpc) is 3.26. The van der Waals surface area contributed by atoms with Gasteiger partial charge in [-0.25, -0.2) is 13.1 Å². The molecule has 1 heterocycles. The molecular weight excluding hydrogens is 434 g/mol. The fourth-order valence-corrected chi connectivity index (χ4v) is 3.94. The third-order valence-corrected chi connectivity index (χ3v) is 6.13. The van der Waals surface area contributed by atoms with Gasteiger partial charge in [-0.1, -0.05) is 26.0 Å². The molecule has 0 saturated carbocycles. The number of benzene rings is 2. The number of hydrogen-bond acceptors (Lipinski definition) is 5. The molecule has 31 heavy (non-hydrogen) atoms. The number of carbonyl (C=O) groups is 1. The zero-order valence-electron chi connectivity index (χ0n) is 17.1. The van der Waals surface area contributed by atoms with Crippen LogP contribution in [0.25, 0.3) is 0 Å². The van der Waals surface area contributed by atoms with Crippen molar-refractivity contribution < 1.29 is 17.6 Å². The quantitative estimate of drug-likeness (QED) is 0.464. The van der Waals surface area contributed by atoms with Crippen LogP contribution in [0.5, 0.6) is 0 Å². The minimum Gasteiger partial charge on any atom is -0.468 e. The summed E-state index contributed by atoms with van der Waals surface area (Å²) in [6.45, 7) is 4.23. The van der Waals surface area contributed by atoms with E-state index in [0.717, 1.165) is 5.56 Å². The summed E-state index contributed by atoms with van der Waals surface area (Å²) in [6.07, 6.45) is 1.48. The lowest BCUT2D eigenvalue weighted by molar-refractivity contribution is 0.0977. The van der Waals surface area contributed by atoms with E-state index in [-0.39, 0.29) is 22.5 Å². The predicted octanol–water partition coefficient (Wildman–Crippen LogP) is 4.01. The highest BCUT2D eigenvalue weighted by Gasteiger charge is 2.15. The topological polar surface area (TPSA) is 100 Å². The maximum Gasteiger partial charge on any atom is 0.257 e. The Morgan fingerprint density at radius 1 is 1.03 bits per heavy atom. The van der Waals surface area contributed by atoms with Crippen LogP contribution in [0.1, 0.15) is 41.4 Å². The summed E-state index contributed by atoms with van der Waals surface area (Å²) in [5.74, 6) is 0.572. The molecule has 0 saturated heterocycles. The number of amides is 1. The van der Waals surface area contributed by atoms with Gasteiger partial charge in [-0.15, -0.1) is 0 Å². The Bertz CT molecular complexity index is 1140. The van der Waals surface area contributed by atoms with Gasteiger partial charge < -0.3 is 9.73 Å². The maximum atomic E-state index is 12.4. The molecule has 0 aliphatic carbocycles. The molecule has 0 bridgehead atoms. The van der Waals surface area contributed by atoms with Crippen LogP contribution < -0.4 is 15.4 Å². The van der Waals surface area contributed by atoms with Gasteiger partial charge in [0.15, 0.2) is 5.11 Å². The monoisotopic (exact) mass is 457 g/mol. The Kier molecular flexibility index (Phi) is 7.21. The van der Waals surface area contributed by atoms with E-state index in [1.165, 1.54) is 18.4 Å². The van der Waals surface area contributed by atoms with Gasteiger partial charge in [-0.3, -0.25) is 10.1 Å². The zero-order valence-corrected chi connectivity index (χ0v) is 18.7. The van der Waals surface area contributed by atoms with Gasteiger partial charge in [-0.05, 0) is 72.2 Å². The molecule has 1 aromatic heterocycles. The molecule has 3 aromatic rings. The van der Waals surface area contributed by atoms with Crippen molar-refractivity contribution >= 4 is 38.9 Å². The molecule has 0 spiro atoms. The largest absolute Gasteiger partial charge is 0.468 e. The lowest BCUT2D eigenvalue weighted by Crippen LogP contribution is -2.34. The molecule has 162 valence electrons. The van der Waals surface area contributed by atoms with Gasteiger partial charge in [0.2, 0.25) is 10.0 Å². The fourth-order valence-electron chi connectivity index (χ4n) is 2.74. The summed E-state index contributed by atoms with van der Waals surface area (Å²) in [5.41, 5.74) is 2.19. The van der Waals surface area contributed by atoms with E-state index in [4.69, 9.17) is 16.6 Å². The number of anilines is 1. The molecule has 1 amide bonds. The third-order valence-electron chi connectivity index (χ3n) is 4.51. The lowest BCUT2D eigenvalue weighted by Gasteiger charge is -2.11. The number of thiocarbonyl (C=S) groups is 1.